The molecule has 0 heterocycles. The normalized spacial score (nSPS) is 11.3. The Morgan fingerprint density at radius 1 is 1.30 bits per heavy atom. The monoisotopic (exact) mass is 156 g/mol. The molecule has 0 aliphatic carbocycles. The van der Waals surface area contributed by atoms with Gasteiger partial charge in [0.1, 0.15) is 0 Å². The topological polar surface area (TPSA) is 54.4 Å². The maximum Gasteiger partial charge on any atom is 0.294 e. The molecule has 0 atom stereocenters. The number of hydrogen-bond acceptors (Lipinski definition) is 2. The smallest absolute Gasteiger partial charge is 0.282 e. The fourth-order valence-corrected chi connectivity index (χ4v) is 0.920. The van der Waals surface area contributed by atoms with Gasteiger partial charge < -0.3 is 0 Å². The van der Waals surface area contributed by atoms with Gasteiger partial charge in [-0.05, 0) is 30.3 Å². The minimum absolute atomic E-state index is 0.185. The fraction of sp³-hybridized carbons (Fsp3) is 0. The Morgan fingerprint density at radius 2 is 1.80 bits per heavy atom. The molecule has 0 amide bonds. The molecular formula is C6H4O3S. The summed E-state index contributed by atoms with van der Waals surface area (Å²) in [6.45, 7) is 0. The highest BCUT2D eigenvalue weighted by Crippen LogP contribution is 2.04. The molecule has 0 fully saturated rings. The molecule has 0 aliphatic heterocycles. The van der Waals surface area contributed by atoms with Crippen LogP contribution in [0.3, 0.4) is 0 Å². The van der Waals surface area contributed by atoms with Gasteiger partial charge in [0, 0.05) is 0 Å². The van der Waals surface area contributed by atoms with Crippen molar-refractivity contribution in [3.63, 3.8) is 0 Å². The number of hydrogen-bond donors (Lipinski definition) is 1. The lowest BCUT2D eigenvalue weighted by atomic mass is 10.4. The SMILES string of the molecule is O=S(=O)(O)c1c[c]c[c]c1. The summed E-state index contributed by atoms with van der Waals surface area (Å²) in [6.07, 6.45) is 0. The molecule has 0 unspecified atom stereocenters. The first-order chi connectivity index (χ1) is 4.61. The summed E-state index contributed by atoms with van der Waals surface area (Å²) in [7, 11) is -4.07. The quantitative estimate of drug-likeness (QED) is 0.603. The molecule has 10 heavy (non-hydrogen) atoms. The third-order valence-electron chi connectivity index (χ3n) is 0.916. The third kappa shape index (κ3) is 1.55. The third-order valence-corrected chi connectivity index (χ3v) is 1.75. The van der Waals surface area contributed by atoms with Gasteiger partial charge in [-0.15, -0.1) is 0 Å². The lowest BCUT2D eigenvalue weighted by Gasteiger charge is -1.91. The van der Waals surface area contributed by atoms with Crippen LogP contribution in [-0.2, 0) is 10.1 Å². The minimum Gasteiger partial charge on any atom is -0.282 e. The largest absolute Gasteiger partial charge is 0.294 e. The summed E-state index contributed by atoms with van der Waals surface area (Å²) in [5.41, 5.74) is 0. The molecule has 1 N–H and O–H groups in total. The van der Waals surface area contributed by atoms with Crippen molar-refractivity contribution in [3.05, 3.63) is 30.3 Å². The van der Waals surface area contributed by atoms with Gasteiger partial charge in [0.25, 0.3) is 10.1 Å². The summed E-state index contributed by atoms with van der Waals surface area (Å²) < 4.78 is 29.1. The maximum absolute atomic E-state index is 10.3. The van der Waals surface area contributed by atoms with Gasteiger partial charge in [0.15, 0.2) is 0 Å². The van der Waals surface area contributed by atoms with Crippen LogP contribution in [0.4, 0.5) is 0 Å². The highest BCUT2D eigenvalue weighted by molar-refractivity contribution is 7.85. The van der Waals surface area contributed by atoms with Gasteiger partial charge in [-0.2, -0.15) is 8.42 Å². The molecule has 0 spiro atoms. The number of benzene rings is 1. The first-order valence-electron chi connectivity index (χ1n) is 2.45. The van der Waals surface area contributed by atoms with E-state index in [0.29, 0.717) is 0 Å². The van der Waals surface area contributed by atoms with E-state index >= 15 is 0 Å². The Labute approximate surface area is 59.1 Å². The van der Waals surface area contributed by atoms with Gasteiger partial charge in [0.05, 0.1) is 4.90 Å². The summed E-state index contributed by atoms with van der Waals surface area (Å²) in [6, 6.07) is 8.72. The van der Waals surface area contributed by atoms with E-state index in [4.69, 9.17) is 4.55 Å². The highest BCUT2D eigenvalue weighted by Gasteiger charge is 2.06. The Bertz CT molecular complexity index is 301. The number of rotatable bonds is 1. The fourth-order valence-electron chi connectivity index (χ4n) is 0.486. The molecule has 52 valence electrons. The molecule has 0 aromatic heterocycles. The Morgan fingerprint density at radius 3 is 2.10 bits per heavy atom. The van der Waals surface area contributed by atoms with Gasteiger partial charge in [0.2, 0.25) is 0 Å². The molecule has 1 rings (SSSR count). The average molecular weight is 156 g/mol. The van der Waals surface area contributed by atoms with Crippen molar-refractivity contribution in [2.45, 2.75) is 4.90 Å². The second-order valence-electron chi connectivity index (χ2n) is 1.64. The summed E-state index contributed by atoms with van der Waals surface area (Å²) >= 11 is 0. The second-order valence-corrected chi connectivity index (χ2v) is 3.07. The van der Waals surface area contributed by atoms with Crippen molar-refractivity contribution in [1.82, 2.24) is 0 Å². The summed E-state index contributed by atoms with van der Waals surface area (Å²) in [5.74, 6) is 0. The standard InChI is InChI=1S/C6H4O3S/c7-10(8,9)6-4-2-1-3-5-6/h1,4-5H,(H,7,8,9). The van der Waals surface area contributed by atoms with Crippen LogP contribution in [0.5, 0.6) is 0 Å². The van der Waals surface area contributed by atoms with E-state index in [-0.39, 0.29) is 4.90 Å². The summed E-state index contributed by atoms with van der Waals surface area (Å²) in [5, 5.41) is 0. The molecule has 2 radical (unpaired) electrons. The van der Waals surface area contributed by atoms with Crippen LogP contribution >= 0.6 is 0 Å². The van der Waals surface area contributed by atoms with Gasteiger partial charge >= 0.3 is 0 Å². The second kappa shape index (κ2) is 2.40. The lowest BCUT2D eigenvalue weighted by Crippen LogP contribution is -1.96. The molecule has 0 aliphatic rings. The van der Waals surface area contributed by atoms with Gasteiger partial charge in [-0.1, -0.05) is 0 Å². The van der Waals surface area contributed by atoms with Crippen LogP contribution in [0.25, 0.3) is 0 Å². The van der Waals surface area contributed by atoms with Crippen molar-refractivity contribution in [1.29, 1.82) is 0 Å². The van der Waals surface area contributed by atoms with Crippen LogP contribution in [0, 0.1) is 12.1 Å². The predicted molar refractivity (Wildman–Crippen MR) is 33.9 cm³/mol. The highest BCUT2D eigenvalue weighted by atomic mass is 32.2. The van der Waals surface area contributed by atoms with Crippen molar-refractivity contribution >= 4 is 10.1 Å². The van der Waals surface area contributed by atoms with Crippen LogP contribution < -0.4 is 0 Å². The molecule has 1 aromatic rings. The van der Waals surface area contributed by atoms with E-state index < -0.39 is 10.1 Å². The molecule has 0 bridgehead atoms. The van der Waals surface area contributed by atoms with Crippen LogP contribution in [0.2, 0.25) is 0 Å². The van der Waals surface area contributed by atoms with E-state index in [1.807, 2.05) is 0 Å². The Balaban J connectivity index is 3.22. The maximum atomic E-state index is 10.3. The van der Waals surface area contributed by atoms with Crippen molar-refractivity contribution in [3.8, 4) is 0 Å². The minimum atomic E-state index is -4.07. The van der Waals surface area contributed by atoms with Crippen LogP contribution in [0.15, 0.2) is 23.1 Å². The zero-order valence-corrected chi connectivity index (χ0v) is 5.72. The van der Waals surface area contributed by atoms with Crippen LogP contribution in [0.1, 0.15) is 0 Å². The van der Waals surface area contributed by atoms with E-state index in [1.54, 1.807) is 0 Å². The lowest BCUT2D eigenvalue weighted by molar-refractivity contribution is 0.483. The molecule has 4 heteroatoms. The average Bonchev–Trinajstić information content (AvgIpc) is 1.88. The van der Waals surface area contributed by atoms with Crippen molar-refractivity contribution in [2.24, 2.45) is 0 Å². The zero-order chi connectivity index (χ0) is 7.61. The first-order valence-corrected chi connectivity index (χ1v) is 3.89. The summed E-state index contributed by atoms with van der Waals surface area (Å²) in [4.78, 5) is -0.185. The van der Waals surface area contributed by atoms with E-state index in [1.165, 1.54) is 18.2 Å². The van der Waals surface area contributed by atoms with Gasteiger partial charge in [-0.3, -0.25) is 4.55 Å². The van der Waals surface area contributed by atoms with Crippen LogP contribution in [-0.4, -0.2) is 13.0 Å². The van der Waals surface area contributed by atoms with E-state index in [0.717, 1.165) is 0 Å². The van der Waals surface area contributed by atoms with Crippen molar-refractivity contribution < 1.29 is 13.0 Å². The molecule has 0 saturated heterocycles. The van der Waals surface area contributed by atoms with E-state index in [2.05, 4.69) is 12.1 Å². The molecule has 0 saturated carbocycles. The van der Waals surface area contributed by atoms with Gasteiger partial charge in [-0.25, -0.2) is 0 Å². The predicted octanol–water partition coefficient (Wildman–Crippen LogP) is 0.534. The van der Waals surface area contributed by atoms with E-state index in [9.17, 15) is 8.42 Å². The Hall–Kier alpha value is -0.870. The molecule has 1 aromatic carbocycles. The first kappa shape index (κ1) is 7.24. The molecule has 3 nitrogen and oxygen atoms in total. The zero-order valence-electron chi connectivity index (χ0n) is 4.90. The Kier molecular flexibility index (Phi) is 1.74. The van der Waals surface area contributed by atoms with Crippen molar-refractivity contribution in [2.75, 3.05) is 0 Å². The molecular weight excluding hydrogens is 152 g/mol.